The number of rotatable bonds is 43. The summed E-state index contributed by atoms with van der Waals surface area (Å²) in [5.74, 6) is 5.17. The largest absolute Gasteiger partial charge is 0.494 e. The second kappa shape index (κ2) is 39.6. The first kappa shape index (κ1) is 68.4. The molecule has 0 radical (unpaired) electrons. The molecule has 0 atom stereocenters. The van der Waals surface area contributed by atoms with Gasteiger partial charge in [0.05, 0.1) is 51.0 Å². The number of anilines is 6. The van der Waals surface area contributed by atoms with E-state index in [0.717, 1.165) is 162 Å². The summed E-state index contributed by atoms with van der Waals surface area (Å²) in [6, 6.07) is 51.5. The zero-order chi connectivity index (χ0) is 62.6. The number of hydrogen-bond acceptors (Lipinski definition) is 8. The van der Waals surface area contributed by atoms with Crippen LogP contribution in [-0.4, -0.2) is 44.2 Å². The maximum Gasteiger partial charge on any atom is 0.187 e. The second-order valence-corrected chi connectivity index (χ2v) is 24.2. The van der Waals surface area contributed by atoms with Crippen molar-refractivity contribution in [1.29, 1.82) is 0 Å². The van der Waals surface area contributed by atoms with Crippen LogP contribution in [0.4, 0.5) is 34.1 Å². The van der Waals surface area contributed by atoms with Crippen molar-refractivity contribution < 1.29 is 28.4 Å². The van der Waals surface area contributed by atoms with Crippen LogP contribution < -0.4 is 38.2 Å². The summed E-state index contributed by atoms with van der Waals surface area (Å²) in [7, 11) is 0. The Kier molecular flexibility index (Phi) is 30.1. The van der Waals surface area contributed by atoms with E-state index in [-0.39, 0.29) is 0 Å². The Labute approximate surface area is 542 Å². The van der Waals surface area contributed by atoms with E-state index in [0.29, 0.717) is 39.6 Å². The van der Waals surface area contributed by atoms with Crippen LogP contribution in [0.5, 0.6) is 34.5 Å². The van der Waals surface area contributed by atoms with Gasteiger partial charge in [0.2, 0.25) is 0 Å². The number of hydrogen-bond donors (Lipinski definition) is 0. The highest BCUT2D eigenvalue weighted by atomic mass is 16.5. The molecule has 0 saturated heterocycles. The third-order valence-electron chi connectivity index (χ3n) is 16.9. The average Bonchev–Trinajstić information content (AvgIpc) is 1.61. The number of unbranched alkanes of at least 4 members (excludes halogenated alkanes) is 19. The normalized spacial score (nSPS) is 12.2. The SMILES string of the molecule is CCCCCCCCCCCCCCCCCCn1c(/C=C/c2ccc(N(c3ccc(OCCCC)cc3)c3ccc(OCCCC)cc3)cc2)c2c(c1/C=C/c1ccc(N(c3ccc(OCCCC)cc3)c3ccc(OCCCC)cc3)cc1)OCCCO2. The van der Waals surface area contributed by atoms with Gasteiger partial charge in [-0.05, 0) is 177 Å². The first-order chi connectivity index (χ1) is 44.5. The zero-order valence-corrected chi connectivity index (χ0v) is 55.6. The van der Waals surface area contributed by atoms with Gasteiger partial charge in [-0.1, -0.05) is 193 Å². The first-order valence-electron chi connectivity index (χ1n) is 35.1. The lowest BCUT2D eigenvalue weighted by atomic mass is 10.0. The molecule has 0 spiro atoms. The van der Waals surface area contributed by atoms with Crippen LogP contribution in [0.3, 0.4) is 0 Å². The molecule has 1 aromatic heterocycles. The molecule has 6 aromatic carbocycles. The van der Waals surface area contributed by atoms with Crippen LogP contribution in [-0.2, 0) is 6.54 Å². The standard InChI is InChI=1S/C81H107N3O6/c1-6-11-16-17-18-19-20-21-22-23-24-25-26-27-28-29-59-82-78(57-35-66-31-37-68(38-32-66)83(70-41-49-74(50-42-70)85-60-12-7-2)71-43-51-75(52-44-71)86-61-13-8-3)80-81(90-65-30-64-89-80)79(82)58-36-67-33-39-69(40-34-67)84(72-45-53-76(54-46-72)87-62-14-9-4)73-47-55-77(56-48-73)88-63-15-10-5/h31-58H,6-30,59-65H2,1-5H3/b57-35+,58-36+. The van der Waals surface area contributed by atoms with Crippen molar-refractivity contribution in [3.8, 4) is 34.5 Å². The minimum atomic E-state index is 0.601. The monoisotopic (exact) mass is 1220 g/mol. The fourth-order valence-electron chi connectivity index (χ4n) is 11.5. The molecular weight excluding hydrogens is 1110 g/mol. The zero-order valence-electron chi connectivity index (χ0n) is 55.6. The number of nitrogens with zero attached hydrogens (tertiary/aromatic N) is 3. The lowest BCUT2D eigenvalue weighted by molar-refractivity contribution is 0.292. The van der Waals surface area contributed by atoms with Crippen molar-refractivity contribution in [3.05, 3.63) is 168 Å². The van der Waals surface area contributed by atoms with E-state index in [1.807, 2.05) is 0 Å². The van der Waals surface area contributed by atoms with Gasteiger partial charge >= 0.3 is 0 Å². The number of aromatic nitrogens is 1. The summed E-state index contributed by atoms with van der Waals surface area (Å²) in [4.78, 5) is 4.59. The Morgan fingerprint density at radius 2 is 0.567 bits per heavy atom. The van der Waals surface area contributed by atoms with Crippen molar-refractivity contribution in [2.45, 2.75) is 202 Å². The van der Waals surface area contributed by atoms with Crippen molar-refractivity contribution >= 4 is 58.4 Å². The van der Waals surface area contributed by atoms with E-state index in [1.54, 1.807) is 0 Å². The van der Waals surface area contributed by atoms with E-state index in [9.17, 15) is 0 Å². The van der Waals surface area contributed by atoms with E-state index in [4.69, 9.17) is 28.4 Å². The lowest BCUT2D eigenvalue weighted by Gasteiger charge is -2.26. The summed E-state index contributed by atoms with van der Waals surface area (Å²) >= 11 is 0. The van der Waals surface area contributed by atoms with Crippen LogP contribution in [0.25, 0.3) is 24.3 Å². The molecule has 0 amide bonds. The Bertz CT molecular complexity index is 2810. The summed E-state index contributed by atoms with van der Waals surface area (Å²) in [6.07, 6.45) is 39.7. The molecule has 1 aliphatic rings. The molecule has 0 N–H and O–H groups in total. The predicted molar refractivity (Wildman–Crippen MR) is 381 cm³/mol. The molecule has 2 heterocycles. The highest BCUT2D eigenvalue weighted by Crippen LogP contribution is 2.44. The molecule has 7 aromatic rings. The van der Waals surface area contributed by atoms with Crippen molar-refractivity contribution in [1.82, 2.24) is 4.57 Å². The fraction of sp³-hybridized carbons (Fsp3) is 0.457. The maximum atomic E-state index is 6.71. The van der Waals surface area contributed by atoms with Crippen LogP contribution in [0.2, 0.25) is 0 Å². The number of fused-ring (bicyclic) bond motifs is 1. The van der Waals surface area contributed by atoms with Gasteiger partial charge in [-0.2, -0.15) is 0 Å². The molecule has 8 rings (SSSR count). The van der Waals surface area contributed by atoms with Gasteiger partial charge in [0.15, 0.2) is 11.5 Å². The molecule has 0 fully saturated rings. The maximum absolute atomic E-state index is 6.71. The smallest absolute Gasteiger partial charge is 0.187 e. The Hall–Kier alpha value is -7.52. The molecule has 9 nitrogen and oxygen atoms in total. The van der Waals surface area contributed by atoms with Crippen LogP contribution in [0.1, 0.15) is 218 Å². The van der Waals surface area contributed by atoms with Gasteiger partial charge in [0.1, 0.15) is 23.0 Å². The molecule has 1 aliphatic heterocycles. The topological polar surface area (TPSA) is 66.8 Å². The van der Waals surface area contributed by atoms with E-state index in [1.165, 1.54) is 96.3 Å². The van der Waals surface area contributed by atoms with E-state index >= 15 is 0 Å². The van der Waals surface area contributed by atoms with Gasteiger partial charge in [-0.25, -0.2) is 0 Å². The van der Waals surface area contributed by atoms with Gasteiger partial charge < -0.3 is 42.8 Å². The van der Waals surface area contributed by atoms with Gasteiger partial charge in [0, 0.05) is 47.1 Å². The minimum absolute atomic E-state index is 0.601. The molecule has 9 heteroatoms. The molecule has 0 aliphatic carbocycles. The van der Waals surface area contributed by atoms with E-state index < -0.39 is 0 Å². The number of benzene rings is 6. The van der Waals surface area contributed by atoms with Crippen molar-refractivity contribution in [2.75, 3.05) is 49.4 Å². The summed E-state index contributed by atoms with van der Waals surface area (Å²) in [5, 5.41) is 0. The van der Waals surface area contributed by atoms with Crippen LogP contribution in [0, 0.1) is 0 Å². The highest BCUT2D eigenvalue weighted by molar-refractivity contribution is 5.83. The first-order valence-corrected chi connectivity index (χ1v) is 35.1. The molecular formula is C81H107N3O6. The van der Waals surface area contributed by atoms with Crippen molar-refractivity contribution in [3.63, 3.8) is 0 Å². The van der Waals surface area contributed by atoms with Crippen LogP contribution in [0.15, 0.2) is 146 Å². The third-order valence-corrected chi connectivity index (χ3v) is 16.9. The lowest BCUT2D eigenvalue weighted by Crippen LogP contribution is -2.10. The van der Waals surface area contributed by atoms with Crippen molar-refractivity contribution in [2.24, 2.45) is 0 Å². The van der Waals surface area contributed by atoms with Gasteiger partial charge in [0.25, 0.3) is 0 Å². The Morgan fingerprint density at radius 1 is 0.311 bits per heavy atom. The van der Waals surface area contributed by atoms with E-state index in [2.05, 4.69) is 219 Å². The molecule has 482 valence electrons. The Morgan fingerprint density at radius 3 is 0.844 bits per heavy atom. The molecule has 0 unspecified atom stereocenters. The molecule has 0 saturated carbocycles. The van der Waals surface area contributed by atoms with Gasteiger partial charge in [-0.3, -0.25) is 0 Å². The highest BCUT2D eigenvalue weighted by Gasteiger charge is 2.25. The predicted octanol–water partition coefficient (Wildman–Crippen LogP) is 23.9. The third kappa shape index (κ3) is 21.9. The summed E-state index contributed by atoms with van der Waals surface area (Å²) in [5.41, 5.74) is 10.6. The average molecular weight is 1220 g/mol. The van der Waals surface area contributed by atoms with Crippen LogP contribution >= 0.6 is 0 Å². The number of ether oxygens (including phenoxy) is 6. The van der Waals surface area contributed by atoms with Gasteiger partial charge in [-0.15, -0.1) is 0 Å². The molecule has 0 bridgehead atoms. The quantitative estimate of drug-likeness (QED) is 0.0350. The summed E-state index contributed by atoms with van der Waals surface area (Å²) in [6.45, 7) is 16.0. The Balaban J connectivity index is 1.04. The minimum Gasteiger partial charge on any atom is -0.494 e. The second-order valence-electron chi connectivity index (χ2n) is 24.2. The summed E-state index contributed by atoms with van der Waals surface area (Å²) < 4.78 is 40.2. The molecule has 90 heavy (non-hydrogen) atoms. The fourth-order valence-corrected chi connectivity index (χ4v) is 11.5.